The van der Waals surface area contributed by atoms with Crippen LogP contribution in [-0.2, 0) is 14.3 Å². The Balaban J connectivity index is 1.46. The van der Waals surface area contributed by atoms with E-state index in [0.29, 0.717) is 29.1 Å². The third-order valence-corrected chi connectivity index (χ3v) is 5.18. The second-order valence-corrected chi connectivity index (χ2v) is 7.80. The van der Waals surface area contributed by atoms with Gasteiger partial charge in [0.2, 0.25) is 0 Å². The number of fused-ring (bicyclic) bond motifs is 1. The van der Waals surface area contributed by atoms with Gasteiger partial charge in [0, 0.05) is 30.8 Å². The molecule has 4 rings (SSSR count). The number of nitrogens with one attached hydrogen (secondary N) is 1. The van der Waals surface area contributed by atoms with E-state index < -0.39 is 5.97 Å². The fraction of sp³-hybridized carbons (Fsp3) is 0.600. The van der Waals surface area contributed by atoms with E-state index in [1.54, 1.807) is 12.3 Å². The van der Waals surface area contributed by atoms with Crippen LogP contribution in [0.25, 0.3) is 11.0 Å². The number of pyridine rings is 1. The molecule has 1 unspecified atom stereocenters. The molecule has 2 fully saturated rings. The molecule has 2 aliphatic rings. The number of hydrogen-bond donors (Lipinski definition) is 1. The minimum atomic E-state index is -0.523. The van der Waals surface area contributed by atoms with E-state index in [4.69, 9.17) is 14.5 Å². The van der Waals surface area contributed by atoms with E-state index in [-0.39, 0.29) is 24.7 Å². The molecule has 150 valence electrons. The number of esters is 1. The summed E-state index contributed by atoms with van der Waals surface area (Å²) >= 11 is 0. The van der Waals surface area contributed by atoms with E-state index in [0.717, 1.165) is 38.0 Å². The van der Waals surface area contributed by atoms with Crippen LogP contribution in [0.4, 0.5) is 0 Å². The third-order valence-electron chi connectivity index (χ3n) is 5.18. The van der Waals surface area contributed by atoms with Gasteiger partial charge in [-0.25, -0.2) is 14.5 Å². The zero-order valence-corrected chi connectivity index (χ0v) is 16.3. The van der Waals surface area contributed by atoms with Crippen LogP contribution in [0.15, 0.2) is 12.3 Å². The van der Waals surface area contributed by atoms with Crippen LogP contribution in [0.3, 0.4) is 0 Å². The maximum absolute atomic E-state index is 12.7. The highest BCUT2D eigenvalue weighted by atomic mass is 16.5. The molecule has 1 atom stereocenters. The van der Waals surface area contributed by atoms with Crippen molar-refractivity contribution in [3.63, 3.8) is 0 Å². The highest BCUT2D eigenvalue weighted by Crippen LogP contribution is 2.40. The lowest BCUT2D eigenvalue weighted by Crippen LogP contribution is -2.34. The number of carbonyl (C=O) groups excluding carboxylic acids is 2. The molecule has 1 N–H and O–H groups in total. The van der Waals surface area contributed by atoms with E-state index in [9.17, 15) is 9.59 Å². The summed E-state index contributed by atoms with van der Waals surface area (Å²) in [5.74, 6) is -0.458. The molecule has 0 spiro atoms. The Bertz CT molecular complexity index is 882. The van der Waals surface area contributed by atoms with E-state index in [1.165, 1.54) is 0 Å². The van der Waals surface area contributed by atoms with Crippen LogP contribution in [0.1, 0.15) is 67.5 Å². The molecule has 8 heteroatoms. The minimum absolute atomic E-state index is 0.0578. The largest absolute Gasteiger partial charge is 0.452 e. The number of amides is 1. The van der Waals surface area contributed by atoms with Gasteiger partial charge in [-0.3, -0.25) is 4.79 Å². The Hall–Kier alpha value is -2.48. The minimum Gasteiger partial charge on any atom is -0.452 e. The fourth-order valence-electron chi connectivity index (χ4n) is 3.47. The molecule has 2 aromatic rings. The van der Waals surface area contributed by atoms with Gasteiger partial charge in [-0.05, 0) is 45.6 Å². The molecular formula is C20H26N4O4. The smallest absolute Gasteiger partial charge is 0.339 e. The standard InChI is InChI=1S/C20H26N4O4/c1-12(2)24-19-16(10-22-24)15(8-17(23-19)13-5-6-13)20(26)28-11-18(25)21-9-14-4-3-7-27-14/h8,10,12-14H,3-7,9,11H2,1-2H3,(H,21,25). The lowest BCUT2D eigenvalue weighted by atomic mass is 10.1. The highest BCUT2D eigenvalue weighted by molar-refractivity contribution is 6.03. The third kappa shape index (κ3) is 4.01. The zero-order valence-electron chi connectivity index (χ0n) is 16.3. The maximum atomic E-state index is 12.7. The van der Waals surface area contributed by atoms with Crippen molar-refractivity contribution in [3.05, 3.63) is 23.5 Å². The quantitative estimate of drug-likeness (QED) is 0.734. The summed E-state index contributed by atoms with van der Waals surface area (Å²) in [6.07, 6.45) is 5.82. The molecule has 1 saturated heterocycles. The molecule has 1 amide bonds. The van der Waals surface area contributed by atoms with Crippen LogP contribution >= 0.6 is 0 Å². The van der Waals surface area contributed by atoms with Gasteiger partial charge in [-0.15, -0.1) is 0 Å². The first kappa shape index (κ1) is 18.9. The van der Waals surface area contributed by atoms with E-state index in [1.807, 2.05) is 18.5 Å². The molecule has 1 aliphatic carbocycles. The fourth-order valence-corrected chi connectivity index (χ4v) is 3.47. The van der Waals surface area contributed by atoms with Gasteiger partial charge in [0.25, 0.3) is 5.91 Å². The predicted octanol–water partition coefficient (Wildman–Crippen LogP) is 2.34. The number of aromatic nitrogens is 3. The lowest BCUT2D eigenvalue weighted by molar-refractivity contribution is -0.124. The van der Waals surface area contributed by atoms with E-state index >= 15 is 0 Å². The summed E-state index contributed by atoms with van der Waals surface area (Å²) in [5.41, 5.74) is 2.00. The van der Waals surface area contributed by atoms with Gasteiger partial charge >= 0.3 is 5.97 Å². The van der Waals surface area contributed by atoms with E-state index in [2.05, 4.69) is 10.4 Å². The summed E-state index contributed by atoms with van der Waals surface area (Å²) in [5, 5.41) is 7.79. The van der Waals surface area contributed by atoms with Gasteiger partial charge in [0.15, 0.2) is 12.3 Å². The maximum Gasteiger partial charge on any atom is 0.339 e. The second kappa shape index (κ2) is 7.87. The number of carbonyl (C=O) groups is 2. The number of rotatable bonds is 7. The van der Waals surface area contributed by atoms with Crippen LogP contribution in [-0.4, -0.2) is 52.5 Å². The van der Waals surface area contributed by atoms with Crippen molar-refractivity contribution < 1.29 is 19.1 Å². The van der Waals surface area contributed by atoms with Crippen LogP contribution < -0.4 is 5.32 Å². The summed E-state index contributed by atoms with van der Waals surface area (Å²) < 4.78 is 12.6. The highest BCUT2D eigenvalue weighted by Gasteiger charge is 2.28. The number of nitrogens with zero attached hydrogens (tertiary/aromatic N) is 3. The predicted molar refractivity (Wildman–Crippen MR) is 102 cm³/mol. The van der Waals surface area contributed by atoms with Crippen LogP contribution in [0.5, 0.6) is 0 Å². The first-order chi connectivity index (χ1) is 13.5. The average Bonchev–Trinajstić information content (AvgIpc) is 3.23. The normalized spacial score (nSPS) is 19.3. The Kier molecular flexibility index (Phi) is 5.30. The van der Waals surface area contributed by atoms with Crippen molar-refractivity contribution in [1.82, 2.24) is 20.1 Å². The first-order valence-electron chi connectivity index (χ1n) is 9.96. The molecular weight excluding hydrogens is 360 g/mol. The monoisotopic (exact) mass is 386 g/mol. The topological polar surface area (TPSA) is 95.3 Å². The van der Waals surface area contributed by atoms with Crippen molar-refractivity contribution in [2.75, 3.05) is 19.8 Å². The Morgan fingerprint density at radius 1 is 1.36 bits per heavy atom. The molecule has 0 radical (unpaired) electrons. The molecule has 0 aromatic carbocycles. The van der Waals surface area contributed by atoms with Crippen molar-refractivity contribution in [2.45, 2.75) is 57.6 Å². The van der Waals surface area contributed by atoms with Crippen LogP contribution in [0, 0.1) is 0 Å². The second-order valence-electron chi connectivity index (χ2n) is 7.80. The summed E-state index contributed by atoms with van der Waals surface area (Å²) in [6.45, 7) is 4.92. The number of ether oxygens (including phenoxy) is 2. The van der Waals surface area contributed by atoms with Crippen molar-refractivity contribution >= 4 is 22.9 Å². The molecule has 3 heterocycles. The first-order valence-corrected chi connectivity index (χ1v) is 9.96. The van der Waals surface area contributed by atoms with Gasteiger partial charge in [-0.1, -0.05) is 0 Å². The summed E-state index contributed by atoms with van der Waals surface area (Å²) in [6, 6.07) is 1.92. The van der Waals surface area contributed by atoms with Crippen molar-refractivity contribution in [3.8, 4) is 0 Å². The Morgan fingerprint density at radius 2 is 2.18 bits per heavy atom. The molecule has 8 nitrogen and oxygen atoms in total. The summed E-state index contributed by atoms with van der Waals surface area (Å²) in [4.78, 5) is 29.4. The van der Waals surface area contributed by atoms with Gasteiger partial charge < -0.3 is 14.8 Å². The van der Waals surface area contributed by atoms with Gasteiger partial charge in [0.05, 0.1) is 23.3 Å². The van der Waals surface area contributed by atoms with Gasteiger partial charge in [0.1, 0.15) is 0 Å². The Labute approximate surface area is 163 Å². The summed E-state index contributed by atoms with van der Waals surface area (Å²) in [7, 11) is 0. The SMILES string of the molecule is CC(C)n1ncc2c(C(=O)OCC(=O)NCC3CCCO3)cc(C3CC3)nc21. The molecule has 28 heavy (non-hydrogen) atoms. The lowest BCUT2D eigenvalue weighted by Gasteiger charge is -2.12. The molecule has 0 bridgehead atoms. The molecule has 1 aliphatic heterocycles. The Morgan fingerprint density at radius 3 is 2.86 bits per heavy atom. The van der Waals surface area contributed by atoms with Crippen LogP contribution in [0.2, 0.25) is 0 Å². The molecule has 2 aromatic heterocycles. The van der Waals surface area contributed by atoms with Crippen molar-refractivity contribution in [1.29, 1.82) is 0 Å². The zero-order chi connectivity index (χ0) is 19.7. The number of hydrogen-bond acceptors (Lipinski definition) is 6. The molecule has 1 saturated carbocycles. The van der Waals surface area contributed by atoms with Crippen molar-refractivity contribution in [2.24, 2.45) is 0 Å². The van der Waals surface area contributed by atoms with Gasteiger partial charge in [-0.2, -0.15) is 5.10 Å². The average molecular weight is 386 g/mol.